The van der Waals surface area contributed by atoms with Gasteiger partial charge in [-0.1, -0.05) is 19.3 Å². The lowest BCUT2D eigenvalue weighted by molar-refractivity contribution is 0.172. The molecule has 3 heteroatoms. The summed E-state index contributed by atoms with van der Waals surface area (Å²) in [6.07, 6.45) is 9.57. The summed E-state index contributed by atoms with van der Waals surface area (Å²) in [7, 11) is 2.25. The highest BCUT2D eigenvalue weighted by molar-refractivity contribution is 5.20. The summed E-state index contributed by atoms with van der Waals surface area (Å²) in [4.78, 5) is 2.48. The van der Waals surface area contributed by atoms with E-state index in [9.17, 15) is 0 Å². The molecule has 1 N–H and O–H groups in total. The maximum absolute atomic E-state index is 6.05. The molecule has 0 bridgehead atoms. The molecule has 0 unspecified atom stereocenters. The van der Waals surface area contributed by atoms with E-state index in [1.54, 1.807) is 0 Å². The molecule has 1 aromatic rings. The van der Waals surface area contributed by atoms with Crippen molar-refractivity contribution in [2.75, 3.05) is 7.05 Å². The van der Waals surface area contributed by atoms with Crippen LogP contribution in [0.2, 0.25) is 0 Å². The van der Waals surface area contributed by atoms with E-state index in [1.165, 1.54) is 50.5 Å². The summed E-state index contributed by atoms with van der Waals surface area (Å²) in [5.74, 6) is 2.26. The normalized spacial score (nSPS) is 20.8. The zero-order valence-corrected chi connectivity index (χ0v) is 13.0. The molecule has 0 radical (unpaired) electrons. The average molecular weight is 276 g/mol. The summed E-state index contributed by atoms with van der Waals surface area (Å²) in [5, 5.41) is 3.54. The van der Waals surface area contributed by atoms with E-state index in [0.717, 1.165) is 36.7 Å². The van der Waals surface area contributed by atoms with Crippen LogP contribution in [0.25, 0.3) is 0 Å². The Morgan fingerprint density at radius 1 is 1.20 bits per heavy atom. The van der Waals surface area contributed by atoms with Crippen molar-refractivity contribution in [1.29, 1.82) is 0 Å². The molecule has 2 saturated carbocycles. The predicted octanol–water partition coefficient (Wildman–Crippen LogP) is 3.60. The zero-order chi connectivity index (χ0) is 13.9. The zero-order valence-electron chi connectivity index (χ0n) is 13.0. The topological polar surface area (TPSA) is 28.4 Å². The van der Waals surface area contributed by atoms with Crippen molar-refractivity contribution < 1.29 is 4.42 Å². The van der Waals surface area contributed by atoms with E-state index < -0.39 is 0 Å². The van der Waals surface area contributed by atoms with Crippen molar-refractivity contribution in [3.05, 3.63) is 23.2 Å². The molecular formula is C17H28N2O. The lowest BCUT2D eigenvalue weighted by Crippen LogP contribution is -2.32. The van der Waals surface area contributed by atoms with Crippen molar-refractivity contribution in [2.24, 2.45) is 0 Å². The van der Waals surface area contributed by atoms with Gasteiger partial charge >= 0.3 is 0 Å². The average Bonchev–Trinajstić information content (AvgIpc) is 3.22. The molecular weight excluding hydrogens is 248 g/mol. The molecule has 1 heterocycles. The number of nitrogens with one attached hydrogen (secondary N) is 1. The van der Waals surface area contributed by atoms with Gasteiger partial charge in [0.25, 0.3) is 0 Å². The van der Waals surface area contributed by atoms with Gasteiger partial charge in [0, 0.05) is 12.1 Å². The molecule has 0 amide bonds. The molecule has 2 aliphatic rings. The van der Waals surface area contributed by atoms with Gasteiger partial charge in [-0.15, -0.1) is 0 Å². The lowest BCUT2D eigenvalue weighted by atomic mass is 9.94. The van der Waals surface area contributed by atoms with Crippen LogP contribution in [0.1, 0.15) is 62.0 Å². The first-order valence-electron chi connectivity index (χ1n) is 8.24. The molecule has 3 nitrogen and oxygen atoms in total. The highest BCUT2D eigenvalue weighted by Crippen LogP contribution is 2.25. The van der Waals surface area contributed by atoms with Crippen LogP contribution in [0, 0.1) is 6.92 Å². The van der Waals surface area contributed by atoms with Crippen LogP contribution < -0.4 is 5.32 Å². The van der Waals surface area contributed by atoms with Gasteiger partial charge in [-0.05, 0) is 51.3 Å². The highest BCUT2D eigenvalue weighted by Gasteiger charge is 2.22. The van der Waals surface area contributed by atoms with Crippen molar-refractivity contribution >= 4 is 0 Å². The van der Waals surface area contributed by atoms with Gasteiger partial charge in [-0.3, -0.25) is 4.90 Å². The lowest BCUT2D eigenvalue weighted by Gasteiger charge is -2.30. The molecule has 2 fully saturated rings. The van der Waals surface area contributed by atoms with Crippen LogP contribution in [0.4, 0.5) is 0 Å². The number of nitrogens with zero attached hydrogens (tertiary/aromatic N) is 1. The van der Waals surface area contributed by atoms with E-state index in [-0.39, 0.29) is 0 Å². The number of furan rings is 1. The predicted molar refractivity (Wildman–Crippen MR) is 81.6 cm³/mol. The van der Waals surface area contributed by atoms with Crippen LogP contribution in [0.15, 0.2) is 10.5 Å². The number of hydrogen-bond donors (Lipinski definition) is 1. The summed E-state index contributed by atoms with van der Waals surface area (Å²) in [6.45, 7) is 4.01. The summed E-state index contributed by atoms with van der Waals surface area (Å²) in [5.41, 5.74) is 1.30. The minimum atomic E-state index is 0.743. The monoisotopic (exact) mass is 276 g/mol. The maximum Gasteiger partial charge on any atom is 0.120 e. The quantitative estimate of drug-likeness (QED) is 0.860. The highest BCUT2D eigenvalue weighted by atomic mass is 16.3. The minimum Gasteiger partial charge on any atom is -0.463 e. The van der Waals surface area contributed by atoms with Gasteiger partial charge in [0.05, 0.1) is 13.1 Å². The number of aryl methyl sites for hydroxylation is 1. The van der Waals surface area contributed by atoms with Crippen molar-refractivity contribution in [1.82, 2.24) is 10.2 Å². The fourth-order valence-electron chi connectivity index (χ4n) is 3.26. The van der Waals surface area contributed by atoms with Crippen molar-refractivity contribution in [2.45, 2.75) is 77.0 Å². The van der Waals surface area contributed by atoms with Crippen LogP contribution >= 0.6 is 0 Å². The molecule has 0 spiro atoms. The van der Waals surface area contributed by atoms with Gasteiger partial charge in [0.1, 0.15) is 11.5 Å². The van der Waals surface area contributed by atoms with E-state index >= 15 is 0 Å². The molecule has 3 rings (SSSR count). The molecule has 0 aromatic carbocycles. The van der Waals surface area contributed by atoms with Crippen LogP contribution in [-0.2, 0) is 13.1 Å². The second-order valence-electron chi connectivity index (χ2n) is 6.68. The van der Waals surface area contributed by atoms with Gasteiger partial charge in [-0.2, -0.15) is 0 Å². The summed E-state index contributed by atoms with van der Waals surface area (Å²) in [6, 6.07) is 3.72. The molecule has 1 aromatic heterocycles. The van der Waals surface area contributed by atoms with Gasteiger partial charge in [0.2, 0.25) is 0 Å². The SMILES string of the molecule is Cc1cc(CN(C)C2CCCCC2)oc1CNC1CC1. The van der Waals surface area contributed by atoms with Crippen LogP contribution in [-0.4, -0.2) is 24.0 Å². The molecule has 0 saturated heterocycles. The third kappa shape index (κ3) is 3.64. The molecule has 0 atom stereocenters. The van der Waals surface area contributed by atoms with E-state index in [0.29, 0.717) is 0 Å². The fourth-order valence-corrected chi connectivity index (χ4v) is 3.26. The first kappa shape index (κ1) is 14.2. The summed E-state index contributed by atoms with van der Waals surface area (Å²) < 4.78 is 6.05. The standard InChI is InChI=1S/C17H28N2O/c1-13-10-16(20-17(13)11-18-14-8-9-14)12-19(2)15-6-4-3-5-7-15/h10,14-15,18H,3-9,11-12H2,1-2H3. The van der Waals surface area contributed by atoms with Crippen molar-refractivity contribution in [3.63, 3.8) is 0 Å². The largest absolute Gasteiger partial charge is 0.463 e. The Morgan fingerprint density at radius 3 is 2.65 bits per heavy atom. The summed E-state index contributed by atoms with van der Waals surface area (Å²) >= 11 is 0. The Hall–Kier alpha value is -0.800. The molecule has 20 heavy (non-hydrogen) atoms. The van der Waals surface area contributed by atoms with E-state index in [2.05, 4.69) is 30.3 Å². The van der Waals surface area contributed by atoms with Gasteiger partial charge in [-0.25, -0.2) is 0 Å². The van der Waals surface area contributed by atoms with Gasteiger partial charge < -0.3 is 9.73 Å². The second kappa shape index (κ2) is 6.31. The smallest absolute Gasteiger partial charge is 0.120 e. The second-order valence-corrected chi connectivity index (χ2v) is 6.68. The molecule has 0 aliphatic heterocycles. The van der Waals surface area contributed by atoms with Crippen LogP contribution in [0.5, 0.6) is 0 Å². The van der Waals surface area contributed by atoms with E-state index in [1.807, 2.05) is 0 Å². The Balaban J connectivity index is 1.54. The molecule has 2 aliphatic carbocycles. The Bertz CT molecular complexity index is 430. The Labute approximate surface area is 122 Å². The fraction of sp³-hybridized carbons (Fsp3) is 0.765. The first-order valence-corrected chi connectivity index (χ1v) is 8.24. The van der Waals surface area contributed by atoms with Crippen molar-refractivity contribution in [3.8, 4) is 0 Å². The number of rotatable bonds is 6. The Morgan fingerprint density at radius 2 is 1.95 bits per heavy atom. The van der Waals surface area contributed by atoms with E-state index in [4.69, 9.17) is 4.42 Å². The maximum atomic E-state index is 6.05. The third-order valence-corrected chi connectivity index (χ3v) is 4.80. The third-order valence-electron chi connectivity index (χ3n) is 4.80. The minimum absolute atomic E-state index is 0.743. The van der Waals surface area contributed by atoms with Gasteiger partial charge in [0.15, 0.2) is 0 Å². The van der Waals surface area contributed by atoms with Crippen LogP contribution in [0.3, 0.4) is 0 Å². The Kier molecular flexibility index (Phi) is 4.47. The molecule has 112 valence electrons. The number of hydrogen-bond acceptors (Lipinski definition) is 3. The first-order chi connectivity index (χ1) is 9.72.